The van der Waals surface area contributed by atoms with Gasteiger partial charge in [0.1, 0.15) is 5.03 Å². The average molecular weight is 455 g/mol. The minimum absolute atomic E-state index is 0.0448. The highest BCUT2D eigenvalue weighted by Crippen LogP contribution is 2.31. The van der Waals surface area contributed by atoms with E-state index in [-0.39, 0.29) is 17.1 Å². The first-order valence-electron chi connectivity index (χ1n) is 10.0. The molecule has 1 aliphatic rings. The van der Waals surface area contributed by atoms with Gasteiger partial charge >= 0.3 is 11.9 Å². The number of hydrogen-bond donors (Lipinski definition) is 1. The smallest absolute Gasteiger partial charge is 0.325 e. The van der Waals surface area contributed by atoms with Gasteiger partial charge in [-0.3, -0.25) is 9.36 Å². The lowest BCUT2D eigenvalue weighted by Gasteiger charge is -2.23. The molecule has 10 heteroatoms. The van der Waals surface area contributed by atoms with Crippen molar-refractivity contribution in [2.24, 2.45) is 0 Å². The number of fused-ring (bicyclic) bond motifs is 1. The van der Waals surface area contributed by atoms with E-state index >= 15 is 0 Å². The number of hydrogen-bond acceptors (Lipinski definition) is 5. The van der Waals surface area contributed by atoms with Gasteiger partial charge in [0, 0.05) is 30.0 Å². The number of nitrogens with one attached hydrogen (secondary N) is 1. The summed E-state index contributed by atoms with van der Waals surface area (Å²) >= 11 is 1.15. The molecule has 0 fully saturated rings. The Morgan fingerprint density at radius 2 is 2.00 bits per heavy atom. The number of rotatable bonds is 7. The predicted octanol–water partition coefficient (Wildman–Crippen LogP) is 3.43. The molecule has 0 spiro atoms. The quantitative estimate of drug-likeness (QED) is 0.513. The molecule has 1 N–H and O–H groups in total. The van der Waals surface area contributed by atoms with Gasteiger partial charge in [-0.25, -0.2) is 4.79 Å². The van der Waals surface area contributed by atoms with E-state index in [2.05, 4.69) is 10.3 Å². The Labute approximate surface area is 182 Å². The SMILES string of the molecule is CN(C)CCn1c2c(c(SCC(=O)Nc3cccc(C(F)(F)F)c3)nc1=O)CCCC2. The Morgan fingerprint density at radius 1 is 1.26 bits per heavy atom. The molecule has 0 aliphatic heterocycles. The number of anilines is 1. The van der Waals surface area contributed by atoms with Gasteiger partial charge in [-0.05, 0) is 58.0 Å². The van der Waals surface area contributed by atoms with E-state index < -0.39 is 17.6 Å². The van der Waals surface area contributed by atoms with Crippen LogP contribution in [0.1, 0.15) is 29.7 Å². The molecule has 31 heavy (non-hydrogen) atoms. The molecule has 0 saturated heterocycles. The first-order chi connectivity index (χ1) is 14.6. The van der Waals surface area contributed by atoms with Crippen LogP contribution in [0.15, 0.2) is 34.1 Å². The van der Waals surface area contributed by atoms with Crippen LogP contribution in [-0.4, -0.2) is 46.8 Å². The van der Waals surface area contributed by atoms with Crippen molar-refractivity contribution < 1.29 is 18.0 Å². The fourth-order valence-electron chi connectivity index (χ4n) is 3.50. The number of thioether (sulfide) groups is 1. The van der Waals surface area contributed by atoms with Gasteiger partial charge < -0.3 is 10.2 Å². The zero-order valence-electron chi connectivity index (χ0n) is 17.5. The summed E-state index contributed by atoms with van der Waals surface area (Å²) in [4.78, 5) is 31.1. The molecular weight excluding hydrogens is 429 g/mol. The fourth-order valence-corrected chi connectivity index (χ4v) is 4.38. The maximum absolute atomic E-state index is 12.8. The monoisotopic (exact) mass is 454 g/mol. The van der Waals surface area contributed by atoms with Crippen molar-refractivity contribution in [2.75, 3.05) is 31.7 Å². The molecule has 1 amide bonds. The van der Waals surface area contributed by atoms with Crippen LogP contribution < -0.4 is 11.0 Å². The Kier molecular flexibility index (Phi) is 7.42. The van der Waals surface area contributed by atoms with Gasteiger partial charge in [-0.1, -0.05) is 17.8 Å². The van der Waals surface area contributed by atoms with Crippen molar-refractivity contribution in [1.82, 2.24) is 14.5 Å². The minimum Gasteiger partial charge on any atom is -0.325 e. The molecule has 2 aromatic rings. The number of amides is 1. The van der Waals surface area contributed by atoms with Gasteiger partial charge in [-0.2, -0.15) is 18.2 Å². The van der Waals surface area contributed by atoms with Crippen molar-refractivity contribution in [3.8, 4) is 0 Å². The molecule has 1 aliphatic carbocycles. The minimum atomic E-state index is -4.48. The first kappa shape index (κ1) is 23.3. The van der Waals surface area contributed by atoms with E-state index in [1.165, 1.54) is 12.1 Å². The second-order valence-electron chi connectivity index (χ2n) is 7.70. The number of nitrogens with zero attached hydrogens (tertiary/aromatic N) is 3. The van der Waals surface area contributed by atoms with Gasteiger partial charge in [0.15, 0.2) is 0 Å². The molecule has 0 atom stereocenters. The molecule has 1 aromatic carbocycles. The number of carbonyl (C=O) groups excluding carboxylic acids is 1. The summed E-state index contributed by atoms with van der Waals surface area (Å²) in [5.74, 6) is -0.496. The summed E-state index contributed by atoms with van der Waals surface area (Å²) < 4.78 is 40.3. The number of likely N-dealkylation sites (N-methyl/N-ethyl adjacent to an activating group) is 1. The van der Waals surface area contributed by atoms with E-state index in [1.807, 2.05) is 19.0 Å². The number of halogens is 3. The number of aromatic nitrogens is 2. The van der Waals surface area contributed by atoms with Crippen LogP contribution in [-0.2, 0) is 30.4 Å². The maximum Gasteiger partial charge on any atom is 0.416 e. The van der Waals surface area contributed by atoms with Gasteiger partial charge in [0.2, 0.25) is 5.91 Å². The zero-order chi connectivity index (χ0) is 22.6. The number of alkyl halides is 3. The van der Waals surface area contributed by atoms with Gasteiger partial charge in [0.05, 0.1) is 11.3 Å². The van der Waals surface area contributed by atoms with E-state index in [1.54, 1.807) is 4.57 Å². The van der Waals surface area contributed by atoms with E-state index in [4.69, 9.17) is 0 Å². The molecule has 0 unspecified atom stereocenters. The summed E-state index contributed by atoms with van der Waals surface area (Å²) in [5, 5.41) is 3.03. The summed E-state index contributed by atoms with van der Waals surface area (Å²) in [5.41, 5.74) is 0.906. The average Bonchev–Trinajstić information content (AvgIpc) is 2.71. The second kappa shape index (κ2) is 9.86. The summed E-state index contributed by atoms with van der Waals surface area (Å²) in [6.07, 6.45) is -0.898. The van der Waals surface area contributed by atoms with Crippen LogP contribution in [0.3, 0.4) is 0 Å². The molecule has 168 valence electrons. The molecule has 1 heterocycles. The second-order valence-corrected chi connectivity index (χ2v) is 8.67. The standard InChI is InChI=1S/C21H25F3N4O2S/c1-27(2)10-11-28-17-9-4-3-8-16(17)19(26-20(28)30)31-13-18(29)25-15-7-5-6-14(12-15)21(22,23)24/h5-7,12H,3-4,8-11,13H2,1-2H3,(H,25,29). The zero-order valence-corrected chi connectivity index (χ0v) is 18.3. The molecule has 6 nitrogen and oxygen atoms in total. The van der Waals surface area contributed by atoms with Gasteiger partial charge in [0.25, 0.3) is 0 Å². The summed E-state index contributed by atoms with van der Waals surface area (Å²) in [7, 11) is 3.89. The number of benzene rings is 1. The van der Waals surface area contributed by atoms with Crippen LogP contribution in [0.4, 0.5) is 18.9 Å². The molecule has 1 aromatic heterocycles. The van der Waals surface area contributed by atoms with Gasteiger partial charge in [-0.15, -0.1) is 0 Å². The van der Waals surface area contributed by atoms with Crippen LogP contribution >= 0.6 is 11.8 Å². The third-order valence-electron chi connectivity index (χ3n) is 5.04. The molecular formula is C21H25F3N4O2S. The Hall–Kier alpha value is -2.33. The lowest BCUT2D eigenvalue weighted by atomic mass is 9.97. The molecule has 0 saturated carbocycles. The predicted molar refractivity (Wildman–Crippen MR) is 114 cm³/mol. The van der Waals surface area contributed by atoms with Crippen molar-refractivity contribution in [1.29, 1.82) is 0 Å². The Morgan fingerprint density at radius 3 is 2.71 bits per heavy atom. The third kappa shape index (κ3) is 6.10. The van der Waals surface area contributed by atoms with E-state index in [0.717, 1.165) is 67.4 Å². The topological polar surface area (TPSA) is 67.2 Å². The highest BCUT2D eigenvalue weighted by Gasteiger charge is 2.30. The van der Waals surface area contributed by atoms with Crippen LogP contribution in [0.5, 0.6) is 0 Å². The largest absolute Gasteiger partial charge is 0.416 e. The molecule has 0 bridgehead atoms. The summed E-state index contributed by atoms with van der Waals surface area (Å²) in [6.45, 7) is 1.28. The van der Waals surface area contributed by atoms with E-state index in [0.29, 0.717) is 11.6 Å². The lowest BCUT2D eigenvalue weighted by molar-refractivity contribution is -0.137. The van der Waals surface area contributed by atoms with E-state index in [9.17, 15) is 22.8 Å². The fraction of sp³-hybridized carbons (Fsp3) is 0.476. The lowest BCUT2D eigenvalue weighted by Crippen LogP contribution is -2.33. The first-order valence-corrected chi connectivity index (χ1v) is 11.0. The van der Waals surface area contributed by atoms with Crippen molar-refractivity contribution >= 4 is 23.4 Å². The highest BCUT2D eigenvalue weighted by atomic mass is 32.2. The van der Waals surface area contributed by atoms with Crippen LogP contribution in [0.2, 0.25) is 0 Å². The maximum atomic E-state index is 12.8. The highest BCUT2D eigenvalue weighted by molar-refractivity contribution is 8.00. The Bertz CT molecular complexity index is 1010. The third-order valence-corrected chi connectivity index (χ3v) is 6.05. The normalized spacial score (nSPS) is 13.9. The summed E-state index contributed by atoms with van der Waals surface area (Å²) in [6, 6.07) is 4.50. The van der Waals surface area contributed by atoms with Crippen molar-refractivity contribution in [3.05, 3.63) is 51.6 Å². The van der Waals surface area contributed by atoms with Crippen molar-refractivity contribution in [3.63, 3.8) is 0 Å². The Balaban J connectivity index is 1.72. The molecule has 0 radical (unpaired) electrons. The number of carbonyl (C=O) groups is 1. The van der Waals surface area contributed by atoms with Crippen molar-refractivity contribution in [2.45, 2.75) is 43.4 Å². The van der Waals surface area contributed by atoms with Crippen LogP contribution in [0.25, 0.3) is 0 Å². The molecule has 3 rings (SSSR count). The van der Waals surface area contributed by atoms with Crippen LogP contribution in [0, 0.1) is 0 Å².